The first-order valence-corrected chi connectivity index (χ1v) is 11.3. The summed E-state index contributed by atoms with van der Waals surface area (Å²) in [5.74, 6) is 0.745. The van der Waals surface area contributed by atoms with Crippen LogP contribution in [0.2, 0.25) is 10.0 Å². The number of nitrogens with zero attached hydrogens (tertiary/aromatic N) is 3. The molecule has 1 fully saturated rings. The number of piperazine rings is 1. The van der Waals surface area contributed by atoms with Gasteiger partial charge in [0.1, 0.15) is 10.6 Å². The van der Waals surface area contributed by atoms with Crippen molar-refractivity contribution < 1.29 is 12.9 Å². The van der Waals surface area contributed by atoms with Crippen LogP contribution >= 0.6 is 23.2 Å². The van der Waals surface area contributed by atoms with Gasteiger partial charge in [0.25, 0.3) is 0 Å². The molecular formula is C20H19Cl2N3O3S. The topological polar surface area (TPSA) is 66.7 Å². The highest BCUT2D eigenvalue weighted by Crippen LogP contribution is 2.32. The first-order valence-electron chi connectivity index (χ1n) is 9.13. The van der Waals surface area contributed by atoms with Gasteiger partial charge in [0.15, 0.2) is 5.76 Å². The maximum Gasteiger partial charge on any atom is 0.246 e. The second kappa shape index (κ2) is 8.45. The van der Waals surface area contributed by atoms with Gasteiger partial charge in [0.05, 0.1) is 16.6 Å². The van der Waals surface area contributed by atoms with Gasteiger partial charge in [-0.05, 0) is 12.1 Å². The molecule has 4 rings (SSSR count). The van der Waals surface area contributed by atoms with E-state index in [0.29, 0.717) is 32.7 Å². The summed E-state index contributed by atoms with van der Waals surface area (Å²) >= 11 is 12.2. The predicted octanol–water partition coefficient (Wildman–Crippen LogP) is 4.15. The van der Waals surface area contributed by atoms with Gasteiger partial charge >= 0.3 is 0 Å². The molecule has 152 valence electrons. The second-order valence-corrected chi connectivity index (χ2v) is 9.46. The van der Waals surface area contributed by atoms with Gasteiger partial charge in [-0.25, -0.2) is 8.42 Å². The number of sulfonamides is 1. The lowest BCUT2D eigenvalue weighted by Crippen LogP contribution is -2.48. The molecule has 2 heterocycles. The van der Waals surface area contributed by atoms with Gasteiger partial charge in [-0.1, -0.05) is 64.8 Å². The van der Waals surface area contributed by atoms with E-state index in [1.807, 2.05) is 36.4 Å². The predicted molar refractivity (Wildman–Crippen MR) is 112 cm³/mol. The Morgan fingerprint density at radius 3 is 2.24 bits per heavy atom. The Kier molecular flexibility index (Phi) is 5.94. The molecule has 1 aromatic heterocycles. The largest absolute Gasteiger partial charge is 0.359 e. The van der Waals surface area contributed by atoms with Gasteiger partial charge in [0.2, 0.25) is 10.0 Å². The molecule has 29 heavy (non-hydrogen) atoms. The molecule has 0 atom stereocenters. The van der Waals surface area contributed by atoms with Crippen LogP contribution in [0.25, 0.3) is 11.3 Å². The Bertz CT molecular complexity index is 1070. The van der Waals surface area contributed by atoms with Crippen molar-refractivity contribution in [2.24, 2.45) is 0 Å². The SMILES string of the molecule is O=S(=O)(c1c(Cl)cccc1Cl)N1CCN(Cc2cc(-c3ccccc3)no2)CC1. The first kappa shape index (κ1) is 20.4. The molecule has 3 aromatic rings. The van der Waals surface area contributed by atoms with E-state index in [2.05, 4.69) is 10.1 Å². The normalized spacial score (nSPS) is 16.2. The summed E-state index contributed by atoms with van der Waals surface area (Å²) in [5.41, 5.74) is 1.78. The van der Waals surface area contributed by atoms with Gasteiger partial charge in [-0.2, -0.15) is 4.31 Å². The lowest BCUT2D eigenvalue weighted by atomic mass is 10.1. The van der Waals surface area contributed by atoms with Crippen LogP contribution in [0, 0.1) is 0 Å². The molecule has 1 aliphatic heterocycles. The molecule has 0 spiro atoms. The van der Waals surface area contributed by atoms with Crippen molar-refractivity contribution in [3.05, 3.63) is 70.4 Å². The first-order chi connectivity index (χ1) is 13.9. The molecule has 6 nitrogen and oxygen atoms in total. The van der Waals surface area contributed by atoms with Gasteiger partial charge in [-0.15, -0.1) is 0 Å². The van der Waals surface area contributed by atoms with E-state index < -0.39 is 10.0 Å². The number of rotatable bonds is 5. The highest BCUT2D eigenvalue weighted by molar-refractivity contribution is 7.89. The molecule has 0 bridgehead atoms. The lowest BCUT2D eigenvalue weighted by molar-refractivity contribution is 0.166. The lowest BCUT2D eigenvalue weighted by Gasteiger charge is -2.33. The van der Waals surface area contributed by atoms with Gasteiger partial charge < -0.3 is 4.52 Å². The molecular weight excluding hydrogens is 433 g/mol. The molecule has 0 N–H and O–H groups in total. The zero-order chi connectivity index (χ0) is 20.4. The van der Waals surface area contributed by atoms with E-state index in [9.17, 15) is 8.42 Å². The molecule has 1 saturated heterocycles. The molecule has 0 unspecified atom stereocenters. The number of hydrogen-bond acceptors (Lipinski definition) is 5. The van der Waals surface area contributed by atoms with Crippen LogP contribution in [0.4, 0.5) is 0 Å². The highest BCUT2D eigenvalue weighted by atomic mass is 35.5. The summed E-state index contributed by atoms with van der Waals surface area (Å²) in [4.78, 5) is 2.11. The molecule has 0 amide bonds. The Morgan fingerprint density at radius 1 is 0.931 bits per heavy atom. The van der Waals surface area contributed by atoms with Crippen molar-refractivity contribution in [1.82, 2.24) is 14.4 Å². The smallest absolute Gasteiger partial charge is 0.246 e. The van der Waals surface area contributed by atoms with Crippen LogP contribution in [-0.2, 0) is 16.6 Å². The Hall–Kier alpha value is -1.90. The fourth-order valence-corrected chi connectivity index (χ4v) is 5.85. The van der Waals surface area contributed by atoms with E-state index in [4.69, 9.17) is 27.7 Å². The van der Waals surface area contributed by atoms with Crippen LogP contribution < -0.4 is 0 Å². The van der Waals surface area contributed by atoms with E-state index >= 15 is 0 Å². The monoisotopic (exact) mass is 451 g/mol. The summed E-state index contributed by atoms with van der Waals surface area (Å²) < 4.78 is 32.8. The number of benzene rings is 2. The van der Waals surface area contributed by atoms with Gasteiger partial charge in [0, 0.05) is 37.8 Å². The number of aromatic nitrogens is 1. The molecule has 0 radical (unpaired) electrons. The van der Waals surface area contributed by atoms with Crippen LogP contribution in [0.1, 0.15) is 5.76 Å². The Morgan fingerprint density at radius 2 is 1.59 bits per heavy atom. The van der Waals surface area contributed by atoms with Gasteiger partial charge in [-0.3, -0.25) is 4.90 Å². The summed E-state index contributed by atoms with van der Waals surface area (Å²) in [6.45, 7) is 2.42. The maximum absolute atomic E-state index is 13.0. The zero-order valence-electron chi connectivity index (χ0n) is 15.5. The van der Waals surface area contributed by atoms with E-state index in [-0.39, 0.29) is 14.9 Å². The van der Waals surface area contributed by atoms with Crippen LogP contribution in [0.3, 0.4) is 0 Å². The summed E-state index contributed by atoms with van der Waals surface area (Å²) in [7, 11) is -3.74. The van der Waals surface area contributed by atoms with Crippen molar-refractivity contribution in [3.63, 3.8) is 0 Å². The summed E-state index contributed by atoms with van der Waals surface area (Å²) in [6, 6.07) is 16.4. The summed E-state index contributed by atoms with van der Waals surface area (Å²) in [6.07, 6.45) is 0. The molecule has 2 aromatic carbocycles. The minimum Gasteiger partial charge on any atom is -0.359 e. The van der Waals surface area contributed by atoms with Crippen LogP contribution in [-0.4, -0.2) is 49.0 Å². The fraction of sp³-hybridized carbons (Fsp3) is 0.250. The third-order valence-corrected chi connectivity index (χ3v) is 7.71. The number of hydrogen-bond donors (Lipinski definition) is 0. The standard InChI is InChI=1S/C20H19Cl2N3O3S/c21-17-7-4-8-18(22)20(17)29(26,27)25-11-9-24(10-12-25)14-16-13-19(23-28-16)15-5-2-1-3-6-15/h1-8,13H,9-12,14H2. The second-order valence-electron chi connectivity index (χ2n) is 6.78. The Labute approximate surface area is 179 Å². The van der Waals surface area contributed by atoms with Crippen molar-refractivity contribution >= 4 is 33.2 Å². The quantitative estimate of drug-likeness (QED) is 0.582. The molecule has 9 heteroatoms. The fourth-order valence-electron chi connectivity index (χ4n) is 3.34. The third-order valence-electron chi connectivity index (χ3n) is 4.86. The summed E-state index contributed by atoms with van der Waals surface area (Å²) in [5, 5.41) is 4.40. The van der Waals surface area contributed by atoms with E-state index in [1.165, 1.54) is 16.4 Å². The third kappa shape index (κ3) is 4.34. The van der Waals surface area contributed by atoms with Crippen LogP contribution in [0.15, 0.2) is 64.0 Å². The van der Waals surface area contributed by atoms with Crippen molar-refractivity contribution in [3.8, 4) is 11.3 Å². The molecule has 0 aliphatic carbocycles. The maximum atomic E-state index is 13.0. The van der Waals surface area contributed by atoms with Crippen molar-refractivity contribution in [2.45, 2.75) is 11.4 Å². The minimum absolute atomic E-state index is 0.0282. The van der Waals surface area contributed by atoms with Crippen LogP contribution in [0.5, 0.6) is 0 Å². The van der Waals surface area contributed by atoms with Crippen molar-refractivity contribution in [2.75, 3.05) is 26.2 Å². The zero-order valence-corrected chi connectivity index (χ0v) is 17.8. The van der Waals surface area contributed by atoms with Crippen molar-refractivity contribution in [1.29, 1.82) is 0 Å². The average Bonchev–Trinajstić information content (AvgIpc) is 3.17. The average molecular weight is 452 g/mol. The molecule has 1 aliphatic rings. The highest BCUT2D eigenvalue weighted by Gasteiger charge is 2.32. The van der Waals surface area contributed by atoms with E-state index in [1.54, 1.807) is 6.07 Å². The minimum atomic E-state index is -3.74. The molecule has 0 saturated carbocycles. The number of halogens is 2. The Balaban J connectivity index is 1.41. The van der Waals surface area contributed by atoms with E-state index in [0.717, 1.165) is 17.0 Å².